The molecular weight excluding hydrogens is 1060 g/mol. The Labute approximate surface area is 477 Å². The second kappa shape index (κ2) is 23.6. The zero-order valence-electron chi connectivity index (χ0n) is 46.3. The van der Waals surface area contributed by atoms with E-state index in [2.05, 4.69) is 30.8 Å². The monoisotopic (exact) mass is 1130 g/mol. The van der Waals surface area contributed by atoms with E-state index in [9.17, 15) is 29.3 Å². The fraction of sp³-hybridized carbons (Fsp3) is 0.387. The second-order valence-electron chi connectivity index (χ2n) is 22.3. The largest absolute Gasteiger partial charge is 0.508 e. The average Bonchev–Trinajstić information content (AvgIpc) is 4.47. The molecule has 2 amide bonds. The molecule has 21 heteroatoms. The van der Waals surface area contributed by atoms with E-state index in [-0.39, 0.29) is 54.9 Å². The number of anilines is 1. The van der Waals surface area contributed by atoms with Gasteiger partial charge in [0.25, 0.3) is 0 Å². The number of halogens is 2. The van der Waals surface area contributed by atoms with Gasteiger partial charge in [0.1, 0.15) is 70.6 Å². The number of hydrogen-bond donors (Lipinski definition) is 5. The Balaban J connectivity index is 0.817. The summed E-state index contributed by atoms with van der Waals surface area (Å²) in [4.78, 5) is 51.6. The molecule has 2 bridgehead atoms. The number of aliphatic hydroxyl groups is 2. The predicted octanol–water partition coefficient (Wildman–Crippen LogP) is 7.80. The number of carbonyl (C=O) groups excluding carboxylic acids is 2. The minimum atomic E-state index is -1.05. The van der Waals surface area contributed by atoms with Gasteiger partial charge >= 0.3 is 6.01 Å². The Hall–Kier alpha value is -8.24. The molecule has 4 aromatic carbocycles. The van der Waals surface area contributed by atoms with Crippen molar-refractivity contribution < 1.29 is 47.9 Å². The number of phenols is 1. The van der Waals surface area contributed by atoms with Crippen LogP contribution in [0.15, 0.2) is 104 Å². The summed E-state index contributed by atoms with van der Waals surface area (Å²) in [6, 6.07) is 21.3. The zero-order chi connectivity index (χ0) is 57.5. The highest BCUT2D eigenvalue weighted by Crippen LogP contribution is 2.44. The van der Waals surface area contributed by atoms with Crippen LogP contribution < -0.4 is 25.0 Å². The lowest BCUT2D eigenvalue weighted by Gasteiger charge is -2.34. The fourth-order valence-corrected chi connectivity index (χ4v) is 12.2. The Morgan fingerprint density at radius 3 is 2.37 bits per heavy atom. The lowest BCUT2D eigenvalue weighted by Crippen LogP contribution is -2.51. The summed E-state index contributed by atoms with van der Waals surface area (Å²) in [5, 5.41) is 49.9. The van der Waals surface area contributed by atoms with Gasteiger partial charge in [-0.05, 0) is 83.0 Å². The number of nitrogens with zero attached hydrogens (tertiary/aromatic N) is 9. The third-order valence-electron chi connectivity index (χ3n) is 16.4. The van der Waals surface area contributed by atoms with Crippen molar-refractivity contribution in [2.24, 2.45) is 5.92 Å². The van der Waals surface area contributed by atoms with E-state index in [0.717, 1.165) is 31.5 Å². The van der Waals surface area contributed by atoms with E-state index in [0.29, 0.717) is 117 Å². The minimum Gasteiger partial charge on any atom is -0.508 e. The number of amides is 2. The number of β-amino-alcohol motifs (C(OH)–C–C–N with tert-alkyl or cyclic N) is 1. The molecule has 0 saturated carbocycles. The molecule has 19 nitrogen and oxygen atoms in total. The number of piperazine rings is 1. The highest BCUT2D eigenvalue weighted by atomic mass is 19.1. The van der Waals surface area contributed by atoms with Crippen molar-refractivity contribution in [1.82, 2.24) is 50.5 Å². The number of likely N-dealkylation sites (tertiary alicyclic amines) is 1. The number of carbonyl (C=O) groups is 2. The molecule has 8 heterocycles. The molecule has 6 atom stereocenters. The van der Waals surface area contributed by atoms with Gasteiger partial charge in [-0.2, -0.15) is 9.97 Å². The summed E-state index contributed by atoms with van der Waals surface area (Å²) < 4.78 is 50.8. The lowest BCUT2D eigenvalue weighted by atomic mass is 9.94. The molecule has 0 radical (unpaired) electrons. The fourth-order valence-electron chi connectivity index (χ4n) is 12.2. The van der Waals surface area contributed by atoms with Crippen molar-refractivity contribution in [1.29, 1.82) is 0 Å². The van der Waals surface area contributed by atoms with Crippen molar-refractivity contribution in [3.05, 3.63) is 132 Å². The van der Waals surface area contributed by atoms with Crippen LogP contribution >= 0.6 is 0 Å². The van der Waals surface area contributed by atoms with Gasteiger partial charge < -0.3 is 50.0 Å². The average molecular weight is 1130 g/mol. The van der Waals surface area contributed by atoms with Crippen LogP contribution in [0.2, 0.25) is 0 Å². The number of phenolic OH excluding ortho intramolecular Hbond substituents is 1. The number of ether oxygens (including phenoxy) is 3. The molecule has 4 aliphatic heterocycles. The van der Waals surface area contributed by atoms with E-state index >= 15 is 4.39 Å². The van der Waals surface area contributed by atoms with Gasteiger partial charge in [0.15, 0.2) is 5.75 Å². The molecule has 5 N–H and O–H groups in total. The van der Waals surface area contributed by atoms with E-state index in [1.807, 2.05) is 45.0 Å². The van der Waals surface area contributed by atoms with Crippen molar-refractivity contribution in [2.45, 2.75) is 108 Å². The SMILES string of the molecule is CCc1c(F)ccc2cc(O)cc(-c3ncc4c(N5CC6CCC(C5)N6)nc(OC5CCOCC5)nc4c3OCc3ccc(-c4cn([C@H](C(=O)N5C[C@H](O)C[C@H]5C(=O)N[C@@H](CO)c5ccc(-c6ncccc6F)cc5)C(C)C)nn4)cc3)c12. The molecule has 430 valence electrons. The molecule has 4 saturated heterocycles. The number of nitrogens with one attached hydrogen (secondary N) is 2. The molecule has 4 fully saturated rings. The van der Waals surface area contributed by atoms with Crippen LogP contribution in [0.5, 0.6) is 17.5 Å². The molecule has 83 heavy (non-hydrogen) atoms. The maximum Gasteiger partial charge on any atom is 0.319 e. The van der Waals surface area contributed by atoms with Crippen LogP contribution in [0.25, 0.3) is 55.4 Å². The van der Waals surface area contributed by atoms with Gasteiger partial charge in [-0.3, -0.25) is 19.6 Å². The summed E-state index contributed by atoms with van der Waals surface area (Å²) in [7, 11) is 0. The van der Waals surface area contributed by atoms with Crippen LogP contribution in [-0.2, 0) is 27.4 Å². The molecule has 8 aromatic rings. The maximum absolute atomic E-state index is 15.7. The quantitative estimate of drug-likeness (QED) is 0.0585. The smallest absolute Gasteiger partial charge is 0.319 e. The Bertz CT molecular complexity index is 3680. The summed E-state index contributed by atoms with van der Waals surface area (Å²) in [6.45, 7) is 7.70. The Morgan fingerprint density at radius 1 is 0.892 bits per heavy atom. The number of aromatic nitrogens is 7. The lowest BCUT2D eigenvalue weighted by molar-refractivity contribution is -0.142. The normalized spacial score (nSPS) is 19.9. The van der Waals surface area contributed by atoms with Crippen LogP contribution in [0, 0.1) is 17.6 Å². The topological polar surface area (TPSA) is 235 Å². The number of benzene rings is 4. The van der Waals surface area contributed by atoms with E-state index in [1.54, 1.807) is 54.9 Å². The number of rotatable bonds is 17. The van der Waals surface area contributed by atoms with Gasteiger partial charge in [0, 0.05) is 80.1 Å². The van der Waals surface area contributed by atoms with Crippen molar-refractivity contribution in [3.63, 3.8) is 0 Å². The molecular formula is C62H65F2N11O8. The van der Waals surface area contributed by atoms with Gasteiger partial charge in [-0.15, -0.1) is 5.10 Å². The number of aliphatic hydroxyl groups excluding tert-OH is 2. The molecule has 2 unspecified atom stereocenters. The number of fused-ring (bicyclic) bond motifs is 4. The first-order valence-electron chi connectivity index (χ1n) is 28.5. The van der Waals surface area contributed by atoms with Crippen molar-refractivity contribution in [2.75, 3.05) is 44.4 Å². The summed E-state index contributed by atoms with van der Waals surface area (Å²) in [5.74, 6) is -1.19. The highest BCUT2D eigenvalue weighted by Gasteiger charge is 2.43. The molecule has 0 aliphatic carbocycles. The first kappa shape index (κ1) is 55.3. The maximum atomic E-state index is 15.7. The number of pyridine rings is 2. The summed E-state index contributed by atoms with van der Waals surface area (Å²) in [5.41, 5.74) is 4.95. The number of aromatic hydroxyl groups is 1. The third-order valence-corrected chi connectivity index (χ3v) is 16.4. The first-order valence-corrected chi connectivity index (χ1v) is 28.5. The minimum absolute atomic E-state index is 0.0138. The predicted molar refractivity (Wildman–Crippen MR) is 305 cm³/mol. The second-order valence-corrected chi connectivity index (χ2v) is 22.3. The van der Waals surface area contributed by atoms with Gasteiger partial charge in [-0.1, -0.05) is 80.6 Å². The van der Waals surface area contributed by atoms with Crippen LogP contribution in [0.1, 0.15) is 81.6 Å². The number of hydrogen-bond acceptors (Lipinski definition) is 16. The van der Waals surface area contributed by atoms with Gasteiger partial charge in [0.2, 0.25) is 11.8 Å². The highest BCUT2D eigenvalue weighted by molar-refractivity contribution is 6.04. The van der Waals surface area contributed by atoms with Gasteiger partial charge in [0.05, 0.1) is 43.5 Å². The molecule has 4 aliphatic rings. The third kappa shape index (κ3) is 11.2. The Morgan fingerprint density at radius 2 is 1.65 bits per heavy atom. The van der Waals surface area contributed by atoms with E-state index in [1.165, 1.54) is 34.0 Å². The van der Waals surface area contributed by atoms with Crippen molar-refractivity contribution >= 4 is 39.3 Å². The standard InChI is InChI=1S/C62H65F2N11O8/c1-4-45-48(63)18-15-39-24-42(77)25-46(53(39)45)55-58(56-47(27-66-55)59(73-28-40-16-17-41(29-73)67-40)70-62(69-56)83-44-19-22-81-23-20-44)82-33-35-7-9-36(10-8-35)50-31-75(72-71-50)57(34(2)3)61(80)74-30-43(78)26-52(74)60(79)68-51(32-76)37-11-13-38(14-12-37)54-49(64)6-5-21-65-54/h5-15,18,21,24-25,27,31,34,40-41,43-44,51-52,57,67,76-78H,4,16-17,19-20,22-23,26,28-30,32-33H2,1-3H3,(H,68,79)/t40?,41?,43-,51+,52+,57+/m1/s1. The van der Waals surface area contributed by atoms with E-state index < -0.39 is 48.5 Å². The van der Waals surface area contributed by atoms with Crippen LogP contribution in [0.4, 0.5) is 14.6 Å². The van der Waals surface area contributed by atoms with Crippen LogP contribution in [0.3, 0.4) is 0 Å². The van der Waals surface area contributed by atoms with Crippen LogP contribution in [-0.4, -0.2) is 137 Å². The number of aryl methyl sites for hydroxylation is 1. The molecule has 0 spiro atoms. The summed E-state index contributed by atoms with van der Waals surface area (Å²) in [6.07, 6.45) is 7.62. The van der Waals surface area contributed by atoms with Gasteiger partial charge in [-0.25, -0.2) is 13.5 Å². The molecule has 4 aromatic heterocycles. The zero-order valence-corrected chi connectivity index (χ0v) is 46.3. The first-order chi connectivity index (χ1) is 40.3. The van der Waals surface area contributed by atoms with E-state index in [4.69, 9.17) is 29.2 Å². The Kier molecular flexibility index (Phi) is 15.7. The van der Waals surface area contributed by atoms with Crippen molar-refractivity contribution in [3.8, 4) is 51.3 Å². The molecule has 12 rings (SSSR count). The summed E-state index contributed by atoms with van der Waals surface area (Å²) >= 11 is 0.